The highest BCUT2D eigenvalue weighted by atomic mass is 14.7. The van der Waals surface area contributed by atoms with E-state index in [0.29, 0.717) is 0 Å². The number of allylic oxidation sites excluding steroid dienone is 1. The van der Waals surface area contributed by atoms with E-state index >= 15 is 0 Å². The molecule has 2 nitrogen and oxygen atoms in total. The van der Waals surface area contributed by atoms with Gasteiger partial charge in [0.05, 0.1) is 5.69 Å². The van der Waals surface area contributed by atoms with E-state index in [9.17, 15) is 0 Å². The number of hydrogen-bond donors (Lipinski definition) is 1. The molecular formula is C28H34N2. The van der Waals surface area contributed by atoms with E-state index in [2.05, 4.69) is 118 Å². The first-order chi connectivity index (χ1) is 14.4. The predicted octanol–water partition coefficient (Wildman–Crippen LogP) is 7.15. The maximum absolute atomic E-state index is 4.50. The maximum Gasteiger partial charge on any atom is 0.0651 e. The molecule has 0 unspecified atom stereocenters. The summed E-state index contributed by atoms with van der Waals surface area (Å²) in [7, 11) is 1.50. The van der Waals surface area contributed by atoms with Gasteiger partial charge in [0.15, 0.2) is 0 Å². The first-order valence-electron chi connectivity index (χ1n) is 9.68. The van der Waals surface area contributed by atoms with Crippen molar-refractivity contribution >= 4 is 18.0 Å². The minimum atomic E-state index is 0.955. The fourth-order valence-corrected chi connectivity index (χ4v) is 2.60. The minimum absolute atomic E-state index is 0.955. The summed E-state index contributed by atoms with van der Waals surface area (Å²) in [6.45, 7) is 15.7. The third-order valence-corrected chi connectivity index (χ3v) is 4.30. The van der Waals surface area contributed by atoms with E-state index in [0.717, 1.165) is 16.8 Å². The Morgan fingerprint density at radius 1 is 0.767 bits per heavy atom. The number of nitrogens with two attached hydrogens (primary N) is 1. The first-order valence-corrected chi connectivity index (χ1v) is 9.68. The Morgan fingerprint density at radius 2 is 1.20 bits per heavy atom. The molecule has 2 heteroatoms. The van der Waals surface area contributed by atoms with Gasteiger partial charge in [0.2, 0.25) is 0 Å². The van der Waals surface area contributed by atoms with Gasteiger partial charge in [-0.15, -0.1) is 12.8 Å². The van der Waals surface area contributed by atoms with E-state index < -0.39 is 0 Å². The highest BCUT2D eigenvalue weighted by Gasteiger charge is 2.00. The van der Waals surface area contributed by atoms with Crippen LogP contribution in [0, 0.1) is 33.6 Å². The van der Waals surface area contributed by atoms with Crippen molar-refractivity contribution in [2.75, 3.05) is 7.05 Å². The Hall–Kier alpha value is -3.41. The van der Waals surface area contributed by atoms with Crippen molar-refractivity contribution in [3.63, 3.8) is 0 Å². The minimum Gasteiger partial charge on any atom is -0.333 e. The highest BCUT2D eigenvalue weighted by Crippen LogP contribution is 2.26. The van der Waals surface area contributed by atoms with Crippen LogP contribution >= 0.6 is 0 Å². The van der Waals surface area contributed by atoms with Crippen molar-refractivity contribution in [3.05, 3.63) is 95.6 Å². The van der Waals surface area contributed by atoms with Crippen LogP contribution in [0.2, 0.25) is 0 Å². The lowest BCUT2D eigenvalue weighted by atomic mass is 10.0. The Labute approximate surface area is 183 Å². The van der Waals surface area contributed by atoms with Crippen molar-refractivity contribution in [2.24, 2.45) is 10.7 Å². The van der Waals surface area contributed by atoms with Crippen molar-refractivity contribution in [1.29, 1.82) is 0 Å². The molecular weight excluding hydrogens is 364 g/mol. The maximum atomic E-state index is 4.50. The number of terminal acetylenes is 1. The Bertz CT molecular complexity index is 931. The van der Waals surface area contributed by atoms with Gasteiger partial charge < -0.3 is 5.73 Å². The van der Waals surface area contributed by atoms with E-state index in [4.69, 9.17) is 0 Å². The zero-order chi connectivity index (χ0) is 23.1. The van der Waals surface area contributed by atoms with Gasteiger partial charge in [-0.2, -0.15) is 0 Å². The van der Waals surface area contributed by atoms with Crippen LogP contribution in [0.25, 0.3) is 16.7 Å². The van der Waals surface area contributed by atoms with Crippen LogP contribution in [0.5, 0.6) is 0 Å². The molecule has 0 radical (unpaired) electrons. The standard InChI is InChI=1S/C15H15N.C10H12.C2H2.CH5N/c1-11-4-6-13(7-5-11)14-8-9-15(16-3)12(2)10-14;1-8(2)10-6-4-9(3)5-7-10;2*1-2/h4-10H,3H2,1-2H3;4-7H,1H2,2-3H3;1-2H;2H2,1H3. The second kappa shape index (κ2) is 14.6. The van der Waals surface area contributed by atoms with Crippen molar-refractivity contribution < 1.29 is 0 Å². The number of rotatable bonds is 3. The number of nitrogens with zero attached hydrogens (tertiary/aromatic N) is 1. The quantitative estimate of drug-likeness (QED) is 0.369. The first kappa shape index (κ1) is 26.6. The monoisotopic (exact) mass is 398 g/mol. The molecule has 0 aromatic heterocycles. The average Bonchev–Trinajstić information content (AvgIpc) is 2.78. The van der Waals surface area contributed by atoms with Gasteiger partial charge in [0, 0.05) is 0 Å². The molecule has 0 atom stereocenters. The fraction of sp³-hybridized carbons (Fsp3) is 0.179. The Kier molecular flexibility index (Phi) is 12.9. The molecule has 156 valence electrons. The van der Waals surface area contributed by atoms with E-state index in [1.807, 2.05) is 13.0 Å². The van der Waals surface area contributed by atoms with Crippen LogP contribution in [0.3, 0.4) is 0 Å². The summed E-state index contributed by atoms with van der Waals surface area (Å²) in [5.74, 6) is 0. The number of aryl methyl sites for hydroxylation is 3. The number of aliphatic imine (C=N–C) groups is 1. The van der Waals surface area contributed by atoms with Crippen LogP contribution < -0.4 is 5.73 Å². The van der Waals surface area contributed by atoms with Gasteiger partial charge in [0.1, 0.15) is 0 Å². The van der Waals surface area contributed by atoms with Gasteiger partial charge in [-0.1, -0.05) is 77.9 Å². The zero-order valence-corrected chi connectivity index (χ0v) is 18.9. The summed E-state index contributed by atoms with van der Waals surface area (Å²) in [5, 5.41) is 0. The lowest BCUT2D eigenvalue weighted by Crippen LogP contribution is -1.81. The average molecular weight is 399 g/mol. The smallest absolute Gasteiger partial charge is 0.0651 e. The van der Waals surface area contributed by atoms with Crippen LogP contribution in [-0.2, 0) is 0 Å². The van der Waals surface area contributed by atoms with Crippen molar-refractivity contribution in [1.82, 2.24) is 0 Å². The third-order valence-electron chi connectivity index (χ3n) is 4.30. The Balaban J connectivity index is 0.000000518. The van der Waals surface area contributed by atoms with E-state index in [-0.39, 0.29) is 0 Å². The molecule has 0 fully saturated rings. The highest BCUT2D eigenvalue weighted by molar-refractivity contribution is 5.68. The second-order valence-corrected chi connectivity index (χ2v) is 6.67. The Morgan fingerprint density at radius 3 is 1.60 bits per heavy atom. The van der Waals surface area contributed by atoms with Crippen LogP contribution in [0.1, 0.15) is 29.2 Å². The predicted molar refractivity (Wildman–Crippen MR) is 136 cm³/mol. The molecule has 0 aliphatic carbocycles. The molecule has 0 saturated heterocycles. The summed E-state index contributed by atoms with van der Waals surface area (Å²) < 4.78 is 0. The largest absolute Gasteiger partial charge is 0.333 e. The normalized spacial score (nSPS) is 8.80. The summed E-state index contributed by atoms with van der Waals surface area (Å²) in [5.41, 5.74) is 14.0. The molecule has 3 rings (SSSR count). The summed E-state index contributed by atoms with van der Waals surface area (Å²) in [6, 6.07) is 23.2. The molecule has 0 aliphatic heterocycles. The fourth-order valence-electron chi connectivity index (χ4n) is 2.60. The van der Waals surface area contributed by atoms with Crippen LogP contribution in [-0.4, -0.2) is 13.8 Å². The summed E-state index contributed by atoms with van der Waals surface area (Å²) in [4.78, 5) is 3.97. The van der Waals surface area contributed by atoms with Gasteiger partial charge in [-0.25, -0.2) is 0 Å². The lowest BCUT2D eigenvalue weighted by molar-refractivity contribution is 1.40. The van der Waals surface area contributed by atoms with Gasteiger partial charge in [-0.3, -0.25) is 4.99 Å². The third kappa shape index (κ3) is 8.73. The topological polar surface area (TPSA) is 38.4 Å². The number of hydrogen-bond acceptors (Lipinski definition) is 2. The summed E-state index contributed by atoms with van der Waals surface area (Å²) >= 11 is 0. The van der Waals surface area contributed by atoms with E-state index in [1.54, 1.807) is 0 Å². The van der Waals surface area contributed by atoms with Crippen LogP contribution in [0.4, 0.5) is 5.69 Å². The van der Waals surface area contributed by atoms with Gasteiger partial charge in [-0.05, 0) is 75.8 Å². The molecule has 0 saturated carbocycles. The molecule has 2 N–H and O–H groups in total. The van der Waals surface area contributed by atoms with Crippen molar-refractivity contribution in [3.8, 4) is 24.0 Å². The summed E-state index contributed by atoms with van der Waals surface area (Å²) in [6.07, 6.45) is 8.00. The molecule has 0 amide bonds. The zero-order valence-electron chi connectivity index (χ0n) is 18.9. The molecule has 3 aromatic rings. The molecule has 30 heavy (non-hydrogen) atoms. The molecule has 0 spiro atoms. The molecule has 3 aromatic carbocycles. The second-order valence-electron chi connectivity index (χ2n) is 6.67. The molecule has 0 heterocycles. The molecule has 0 aliphatic rings. The van der Waals surface area contributed by atoms with Gasteiger partial charge >= 0.3 is 0 Å². The molecule has 0 bridgehead atoms. The lowest BCUT2D eigenvalue weighted by Gasteiger charge is -2.05. The SMILES string of the molecule is C#C.C=C(C)c1ccc(C)cc1.C=Nc1ccc(-c2ccc(C)cc2)cc1C.CN. The van der Waals surface area contributed by atoms with E-state index in [1.165, 1.54) is 34.9 Å². The number of benzene rings is 3. The van der Waals surface area contributed by atoms with Crippen LogP contribution in [0.15, 0.2) is 78.3 Å². The van der Waals surface area contributed by atoms with Gasteiger partial charge in [0.25, 0.3) is 0 Å². The van der Waals surface area contributed by atoms with Crippen molar-refractivity contribution in [2.45, 2.75) is 27.7 Å².